The van der Waals surface area contributed by atoms with Gasteiger partial charge in [-0.2, -0.15) is 0 Å². The molecule has 1 aliphatic rings. The molecule has 0 bridgehead atoms. The van der Waals surface area contributed by atoms with E-state index in [2.05, 4.69) is 15.5 Å². The summed E-state index contributed by atoms with van der Waals surface area (Å²) in [6, 6.07) is 10.6. The number of nitrogens with one attached hydrogen (secondary N) is 1. The number of halogens is 2. The molecular weight excluding hydrogens is 443 g/mol. The Hall–Kier alpha value is -3.50. The Bertz CT molecular complexity index is 1170. The van der Waals surface area contributed by atoms with Gasteiger partial charge in [-0.1, -0.05) is 17.7 Å². The highest BCUT2D eigenvalue weighted by Gasteiger charge is 2.49. The van der Waals surface area contributed by atoms with Crippen molar-refractivity contribution in [3.8, 4) is 11.5 Å². The molecule has 1 fully saturated rings. The van der Waals surface area contributed by atoms with Crippen LogP contribution in [-0.2, 0) is 16.1 Å². The van der Waals surface area contributed by atoms with Crippen LogP contribution in [0.15, 0.2) is 46.9 Å². The first-order valence-electron chi connectivity index (χ1n) is 9.60. The molecule has 1 atom stereocenters. The molecule has 1 unspecified atom stereocenters. The molecule has 11 heteroatoms. The lowest BCUT2D eigenvalue weighted by atomic mass is 10.2. The predicted octanol–water partition coefficient (Wildman–Crippen LogP) is 3.19. The number of amides is 2. The summed E-state index contributed by atoms with van der Waals surface area (Å²) >= 11 is 5.78. The van der Waals surface area contributed by atoms with E-state index >= 15 is 0 Å². The number of anilines is 1. The van der Waals surface area contributed by atoms with E-state index in [0.29, 0.717) is 28.6 Å². The Balaban J connectivity index is 1.42. The molecule has 9 nitrogen and oxygen atoms in total. The van der Waals surface area contributed by atoms with Gasteiger partial charge in [0.25, 0.3) is 11.7 Å². The van der Waals surface area contributed by atoms with Crippen molar-refractivity contribution < 1.29 is 28.2 Å². The first-order chi connectivity index (χ1) is 15.2. The van der Waals surface area contributed by atoms with Gasteiger partial charge in [-0.3, -0.25) is 4.79 Å². The molecule has 0 spiro atoms. The van der Waals surface area contributed by atoms with Crippen LogP contribution in [0.1, 0.15) is 17.9 Å². The molecule has 4 rings (SSSR count). The molecule has 0 aliphatic carbocycles. The Morgan fingerprint density at radius 2 is 2.16 bits per heavy atom. The van der Waals surface area contributed by atoms with Crippen molar-refractivity contribution >= 4 is 29.3 Å². The average Bonchev–Trinajstić information content (AvgIpc) is 3.30. The fraction of sp³-hybridized carbons (Fsp3) is 0.238. The van der Waals surface area contributed by atoms with Crippen molar-refractivity contribution in [2.45, 2.75) is 25.7 Å². The fourth-order valence-corrected chi connectivity index (χ4v) is 3.56. The van der Waals surface area contributed by atoms with Gasteiger partial charge in [-0.05, 0) is 42.0 Å². The number of aryl methyl sites for hydroxylation is 1. The molecule has 2 heterocycles. The van der Waals surface area contributed by atoms with Crippen LogP contribution in [0.25, 0.3) is 11.5 Å². The largest absolute Gasteiger partial charge is 0.421 e. The van der Waals surface area contributed by atoms with Gasteiger partial charge in [0.05, 0.1) is 0 Å². The third kappa shape index (κ3) is 4.56. The third-order valence-electron chi connectivity index (χ3n) is 4.81. The number of benzene rings is 2. The number of hydrogen-bond donors (Lipinski definition) is 2. The van der Waals surface area contributed by atoms with Crippen molar-refractivity contribution in [3.05, 3.63) is 64.8 Å². The number of aromatic nitrogens is 2. The number of aliphatic hydroxyl groups is 1. The second-order valence-corrected chi connectivity index (χ2v) is 7.62. The first kappa shape index (κ1) is 21.7. The van der Waals surface area contributed by atoms with Crippen molar-refractivity contribution in [1.29, 1.82) is 0 Å². The van der Waals surface area contributed by atoms with Gasteiger partial charge in [0, 0.05) is 42.7 Å². The van der Waals surface area contributed by atoms with E-state index < -0.39 is 23.6 Å². The van der Waals surface area contributed by atoms with E-state index in [-0.39, 0.29) is 24.5 Å². The summed E-state index contributed by atoms with van der Waals surface area (Å²) in [5.74, 6) is -2.99. The van der Waals surface area contributed by atoms with Crippen LogP contribution in [0.3, 0.4) is 0 Å². The highest BCUT2D eigenvalue weighted by Crippen LogP contribution is 2.31. The van der Waals surface area contributed by atoms with E-state index in [0.717, 1.165) is 6.07 Å². The second kappa shape index (κ2) is 8.56. The van der Waals surface area contributed by atoms with Gasteiger partial charge < -0.3 is 24.5 Å². The third-order valence-corrected chi connectivity index (χ3v) is 5.02. The number of hydrogen-bond acceptors (Lipinski definition) is 7. The maximum Gasteiger partial charge on any atom is 0.410 e. The lowest BCUT2D eigenvalue weighted by molar-refractivity contribution is -0.175. The zero-order valence-corrected chi connectivity index (χ0v) is 17.6. The summed E-state index contributed by atoms with van der Waals surface area (Å²) in [4.78, 5) is 26.3. The number of alkyl carbamates (subject to hydrolysis) is 1. The normalized spacial score (nSPS) is 18.1. The molecule has 2 amide bonds. The Morgan fingerprint density at radius 1 is 1.34 bits per heavy atom. The zero-order valence-electron chi connectivity index (χ0n) is 16.8. The van der Waals surface area contributed by atoms with Crippen molar-refractivity contribution in [2.24, 2.45) is 0 Å². The highest BCUT2D eigenvalue weighted by molar-refractivity contribution is 6.30. The van der Waals surface area contributed by atoms with E-state index in [9.17, 15) is 19.1 Å². The topological polar surface area (TPSA) is 118 Å². The molecule has 2 aromatic carbocycles. The number of carbonyl (C=O) groups is 2. The zero-order chi connectivity index (χ0) is 22.9. The van der Waals surface area contributed by atoms with Crippen molar-refractivity contribution in [1.82, 2.24) is 15.5 Å². The molecule has 166 valence electrons. The minimum Gasteiger partial charge on any atom is -0.421 e. The number of ether oxygens (including phenoxy) is 1. The van der Waals surface area contributed by atoms with Gasteiger partial charge in [0.2, 0.25) is 11.8 Å². The monoisotopic (exact) mass is 460 g/mol. The molecule has 32 heavy (non-hydrogen) atoms. The fourth-order valence-electron chi connectivity index (χ4n) is 3.32. The van der Waals surface area contributed by atoms with Crippen LogP contribution in [0.2, 0.25) is 5.02 Å². The van der Waals surface area contributed by atoms with Crippen molar-refractivity contribution in [3.63, 3.8) is 0 Å². The van der Waals surface area contributed by atoms with E-state index in [1.807, 2.05) is 0 Å². The van der Waals surface area contributed by atoms with Gasteiger partial charge in [0.1, 0.15) is 5.82 Å². The van der Waals surface area contributed by atoms with Crippen LogP contribution in [-0.4, -0.2) is 39.6 Å². The van der Waals surface area contributed by atoms with Crippen LogP contribution >= 0.6 is 11.6 Å². The molecule has 2 N–H and O–H groups in total. The Morgan fingerprint density at radius 3 is 2.88 bits per heavy atom. The molecule has 0 saturated carbocycles. The molecular formula is C21H18ClFN4O5. The quantitative estimate of drug-likeness (QED) is 0.561. The number of carbonyl (C=O) groups excluding carboxylic acids is 2. The van der Waals surface area contributed by atoms with E-state index in [1.165, 1.54) is 17.0 Å². The first-order valence-corrected chi connectivity index (χ1v) is 9.98. The average molecular weight is 461 g/mol. The molecule has 1 aromatic heterocycles. The summed E-state index contributed by atoms with van der Waals surface area (Å²) < 4.78 is 23.8. The van der Waals surface area contributed by atoms with Crippen LogP contribution in [0, 0.1) is 12.7 Å². The predicted molar refractivity (Wildman–Crippen MR) is 111 cm³/mol. The van der Waals surface area contributed by atoms with Crippen LogP contribution in [0.5, 0.6) is 0 Å². The molecule has 1 aliphatic heterocycles. The Labute approximate surface area is 186 Å². The van der Waals surface area contributed by atoms with Gasteiger partial charge in [-0.25, -0.2) is 9.18 Å². The lowest BCUT2D eigenvalue weighted by Gasteiger charge is -2.22. The smallest absolute Gasteiger partial charge is 0.410 e. The van der Waals surface area contributed by atoms with E-state index in [1.54, 1.807) is 31.2 Å². The van der Waals surface area contributed by atoms with Gasteiger partial charge in [0.15, 0.2) is 0 Å². The minimum atomic E-state index is -2.33. The SMILES string of the molecule is Cc1nnc(-c2cccc(N3CCC(O)(OC(=O)NCc4cc(F)cc(Cl)c4)C3=O)c2)o1. The van der Waals surface area contributed by atoms with Crippen LogP contribution < -0.4 is 10.2 Å². The number of rotatable bonds is 5. The van der Waals surface area contributed by atoms with Gasteiger partial charge >= 0.3 is 6.09 Å². The maximum absolute atomic E-state index is 13.4. The second-order valence-electron chi connectivity index (χ2n) is 7.19. The summed E-state index contributed by atoms with van der Waals surface area (Å²) in [5.41, 5.74) is 1.46. The molecule has 0 radical (unpaired) electrons. The summed E-state index contributed by atoms with van der Waals surface area (Å²) in [5, 5.41) is 20.9. The summed E-state index contributed by atoms with van der Waals surface area (Å²) in [7, 11) is 0. The van der Waals surface area contributed by atoms with E-state index in [4.69, 9.17) is 20.8 Å². The van der Waals surface area contributed by atoms with Crippen molar-refractivity contribution in [2.75, 3.05) is 11.4 Å². The standard InChI is InChI=1S/C21H18ClFN4O5/c1-12-25-26-18(31-12)14-3-2-4-17(9-14)27-6-5-21(30,19(27)28)32-20(29)24-11-13-7-15(22)10-16(23)8-13/h2-4,7-10,30H,5-6,11H2,1H3,(H,24,29). The maximum atomic E-state index is 13.4. The van der Waals surface area contributed by atoms with Crippen LogP contribution in [0.4, 0.5) is 14.9 Å². The van der Waals surface area contributed by atoms with Gasteiger partial charge in [-0.15, -0.1) is 10.2 Å². The Kier molecular flexibility index (Phi) is 5.81. The minimum absolute atomic E-state index is 0.101. The summed E-state index contributed by atoms with van der Waals surface area (Å²) in [6.07, 6.45) is -1.16. The number of nitrogens with zero attached hydrogens (tertiary/aromatic N) is 3. The molecule has 3 aromatic rings. The summed E-state index contributed by atoms with van der Waals surface area (Å²) in [6.45, 7) is 1.68. The lowest BCUT2D eigenvalue weighted by Crippen LogP contribution is -2.46. The molecule has 1 saturated heterocycles. The highest BCUT2D eigenvalue weighted by atomic mass is 35.5.